The van der Waals surface area contributed by atoms with E-state index in [0.717, 1.165) is 18.2 Å². The Morgan fingerprint density at radius 3 is 2.86 bits per heavy atom. The molecule has 4 fully saturated rings. The van der Waals surface area contributed by atoms with Crippen LogP contribution in [0.5, 0.6) is 0 Å². The smallest absolute Gasteiger partial charge is 0.0598 e. The zero-order valence-electron chi connectivity index (χ0n) is 11.8. The van der Waals surface area contributed by atoms with Crippen LogP contribution in [0.2, 0.25) is 10.0 Å². The van der Waals surface area contributed by atoms with Gasteiger partial charge in [-0.05, 0) is 42.9 Å². The molecule has 4 aliphatic rings. The van der Waals surface area contributed by atoms with Crippen molar-refractivity contribution in [2.45, 2.75) is 31.3 Å². The number of piperidine rings is 3. The molecule has 4 heteroatoms. The van der Waals surface area contributed by atoms with Crippen LogP contribution in [-0.4, -0.2) is 35.2 Å². The molecule has 4 heterocycles. The summed E-state index contributed by atoms with van der Waals surface area (Å²) in [4.78, 5) is 2.62. The van der Waals surface area contributed by atoms with Crippen molar-refractivity contribution in [2.24, 2.45) is 11.8 Å². The number of halogens is 2. The van der Waals surface area contributed by atoms with Gasteiger partial charge in [-0.15, -0.1) is 0 Å². The minimum absolute atomic E-state index is 0.303. The van der Waals surface area contributed by atoms with E-state index in [2.05, 4.69) is 11.0 Å². The van der Waals surface area contributed by atoms with Crippen molar-refractivity contribution < 1.29 is 5.11 Å². The van der Waals surface area contributed by atoms with Crippen molar-refractivity contribution in [3.8, 4) is 0 Å². The lowest BCUT2D eigenvalue weighted by atomic mass is 9.71. The lowest BCUT2D eigenvalue weighted by molar-refractivity contribution is -0.000634. The highest BCUT2D eigenvalue weighted by Gasteiger charge is 2.51. The van der Waals surface area contributed by atoms with E-state index >= 15 is 0 Å². The van der Waals surface area contributed by atoms with Gasteiger partial charge in [0.25, 0.3) is 0 Å². The van der Waals surface area contributed by atoms with Crippen LogP contribution in [0.25, 0.3) is 6.08 Å². The van der Waals surface area contributed by atoms with Crippen molar-refractivity contribution in [3.63, 3.8) is 0 Å². The van der Waals surface area contributed by atoms with E-state index in [1.54, 1.807) is 0 Å². The molecule has 0 saturated carbocycles. The van der Waals surface area contributed by atoms with Gasteiger partial charge in [-0.3, -0.25) is 4.90 Å². The van der Waals surface area contributed by atoms with E-state index in [1.165, 1.54) is 24.8 Å². The fraction of sp³-hybridized carbons (Fsp3) is 0.529. The monoisotopic (exact) mass is 323 g/mol. The molecule has 5 rings (SSSR count). The van der Waals surface area contributed by atoms with E-state index in [0.29, 0.717) is 34.5 Å². The number of hydrogen-bond acceptors (Lipinski definition) is 2. The van der Waals surface area contributed by atoms with Crippen molar-refractivity contribution >= 4 is 29.3 Å². The largest absolute Gasteiger partial charge is 0.396 e. The van der Waals surface area contributed by atoms with E-state index in [-0.39, 0.29) is 0 Å². The Morgan fingerprint density at radius 1 is 1.24 bits per heavy atom. The summed E-state index contributed by atoms with van der Waals surface area (Å²) < 4.78 is 0. The molecule has 4 saturated heterocycles. The Labute approximate surface area is 135 Å². The molecule has 4 bridgehead atoms. The Balaban J connectivity index is 1.67. The van der Waals surface area contributed by atoms with Gasteiger partial charge in [0.2, 0.25) is 0 Å². The summed E-state index contributed by atoms with van der Waals surface area (Å²) in [5.74, 6) is 0.943. The molecule has 1 aromatic rings. The second kappa shape index (κ2) is 5.27. The number of aliphatic hydroxyl groups excluding tert-OH is 1. The van der Waals surface area contributed by atoms with Gasteiger partial charge in [-0.1, -0.05) is 40.9 Å². The average Bonchev–Trinajstić information content (AvgIpc) is 2.79. The summed E-state index contributed by atoms with van der Waals surface area (Å²) in [7, 11) is 0. The molecule has 1 N–H and O–H groups in total. The third-order valence-corrected chi connectivity index (χ3v) is 6.31. The molecule has 5 atom stereocenters. The quantitative estimate of drug-likeness (QED) is 0.893. The van der Waals surface area contributed by atoms with Crippen LogP contribution in [0.3, 0.4) is 0 Å². The van der Waals surface area contributed by atoms with Gasteiger partial charge in [-0.25, -0.2) is 0 Å². The summed E-state index contributed by atoms with van der Waals surface area (Å²) in [6.45, 7) is 1.36. The fourth-order valence-corrected chi connectivity index (χ4v) is 4.94. The molecule has 0 aromatic heterocycles. The number of rotatable bonds is 2. The van der Waals surface area contributed by atoms with Crippen LogP contribution in [0.1, 0.15) is 24.8 Å². The molecule has 0 spiro atoms. The Kier molecular flexibility index (Phi) is 3.54. The summed E-state index contributed by atoms with van der Waals surface area (Å²) in [6, 6.07) is 7.14. The number of nitrogens with zero attached hydrogens (tertiary/aromatic N) is 1. The first-order valence-corrected chi connectivity index (χ1v) is 8.45. The molecule has 2 nitrogen and oxygen atoms in total. The molecule has 21 heavy (non-hydrogen) atoms. The van der Waals surface area contributed by atoms with Crippen LogP contribution in [0, 0.1) is 11.8 Å². The fourth-order valence-electron chi connectivity index (χ4n) is 4.63. The zero-order chi connectivity index (χ0) is 14.6. The summed E-state index contributed by atoms with van der Waals surface area (Å²) in [6.07, 6.45) is 6.01. The summed E-state index contributed by atoms with van der Waals surface area (Å²) in [5.41, 5.74) is 2.55. The zero-order valence-corrected chi connectivity index (χ0v) is 13.3. The third kappa shape index (κ3) is 2.24. The van der Waals surface area contributed by atoms with Crippen molar-refractivity contribution in [1.29, 1.82) is 0 Å². The Hall–Kier alpha value is -0.540. The highest BCUT2D eigenvalue weighted by molar-refractivity contribution is 6.42. The van der Waals surface area contributed by atoms with Crippen molar-refractivity contribution in [3.05, 3.63) is 39.4 Å². The van der Waals surface area contributed by atoms with Gasteiger partial charge in [0.15, 0.2) is 0 Å². The van der Waals surface area contributed by atoms with Crippen molar-refractivity contribution in [1.82, 2.24) is 4.90 Å². The molecular formula is C17H19Cl2NO. The normalized spacial score (nSPS) is 39.2. The lowest BCUT2D eigenvalue weighted by Crippen LogP contribution is -2.56. The Morgan fingerprint density at radius 2 is 2.10 bits per heavy atom. The van der Waals surface area contributed by atoms with Gasteiger partial charge >= 0.3 is 0 Å². The molecule has 1 aromatic carbocycles. The van der Waals surface area contributed by atoms with E-state index in [9.17, 15) is 5.11 Å². The first-order valence-electron chi connectivity index (χ1n) is 7.69. The van der Waals surface area contributed by atoms with Crippen LogP contribution in [0.4, 0.5) is 0 Å². The predicted octanol–water partition coefficient (Wildman–Crippen LogP) is 3.85. The molecule has 4 aliphatic heterocycles. The maximum atomic E-state index is 9.81. The second-order valence-electron chi connectivity index (χ2n) is 6.55. The first-order chi connectivity index (χ1) is 10.2. The van der Waals surface area contributed by atoms with Gasteiger partial charge < -0.3 is 5.11 Å². The molecule has 0 aliphatic carbocycles. The van der Waals surface area contributed by atoms with Crippen LogP contribution in [-0.2, 0) is 0 Å². The van der Waals surface area contributed by atoms with E-state index in [1.807, 2.05) is 18.2 Å². The SMILES string of the molecule is OC[C@H]1[C@@H]2C[C@@H]3CC[C@H]1N3C/C2=C\c1ccc(Cl)c(Cl)c1. The highest BCUT2D eigenvalue weighted by Crippen LogP contribution is 2.50. The molecule has 112 valence electrons. The highest BCUT2D eigenvalue weighted by atomic mass is 35.5. The van der Waals surface area contributed by atoms with Crippen LogP contribution in [0.15, 0.2) is 23.8 Å². The summed E-state index contributed by atoms with van der Waals surface area (Å²) in [5, 5.41) is 11.0. The molecule has 0 amide bonds. The molecular weight excluding hydrogens is 305 g/mol. The summed E-state index contributed by atoms with van der Waals surface area (Å²) >= 11 is 12.1. The molecule has 1 unspecified atom stereocenters. The van der Waals surface area contributed by atoms with Gasteiger partial charge in [0.05, 0.1) is 10.0 Å². The topological polar surface area (TPSA) is 23.5 Å². The van der Waals surface area contributed by atoms with Crippen LogP contribution >= 0.6 is 23.2 Å². The minimum Gasteiger partial charge on any atom is -0.396 e. The van der Waals surface area contributed by atoms with Gasteiger partial charge in [0, 0.05) is 31.2 Å². The molecule has 0 radical (unpaired) electrons. The van der Waals surface area contributed by atoms with E-state index < -0.39 is 0 Å². The second-order valence-corrected chi connectivity index (χ2v) is 7.37. The number of aliphatic hydroxyl groups is 1. The maximum Gasteiger partial charge on any atom is 0.0598 e. The number of fused-ring (bicyclic) bond motifs is 1. The van der Waals surface area contributed by atoms with Gasteiger partial charge in [-0.2, -0.15) is 0 Å². The number of hydrogen-bond donors (Lipinski definition) is 1. The lowest BCUT2D eigenvalue weighted by Gasteiger charge is -2.51. The van der Waals surface area contributed by atoms with E-state index in [4.69, 9.17) is 23.2 Å². The van der Waals surface area contributed by atoms with Crippen molar-refractivity contribution in [2.75, 3.05) is 13.2 Å². The standard InChI is InChI=1S/C17H19Cl2NO/c18-15-3-1-10(6-16(15)19)5-11-8-20-12-2-4-17(20)14(9-21)13(11)7-12/h1,3,5-6,12-14,17,21H,2,4,7-9H2/b11-5+/t12-,13+,14-,17+/m0/s1. The number of benzene rings is 1. The average molecular weight is 324 g/mol. The maximum absolute atomic E-state index is 9.81. The first kappa shape index (κ1) is 14.1. The minimum atomic E-state index is 0.303. The third-order valence-electron chi connectivity index (χ3n) is 5.58. The van der Waals surface area contributed by atoms with Gasteiger partial charge in [0.1, 0.15) is 0 Å². The Bertz CT molecular complexity index is 600. The van der Waals surface area contributed by atoms with Crippen LogP contribution < -0.4 is 0 Å². The predicted molar refractivity (Wildman–Crippen MR) is 86.6 cm³/mol.